The van der Waals surface area contributed by atoms with Crippen molar-refractivity contribution in [2.24, 2.45) is 0 Å². The van der Waals surface area contributed by atoms with E-state index in [0.29, 0.717) is 39.2 Å². The van der Waals surface area contributed by atoms with E-state index in [1.807, 2.05) is 26.8 Å². The average Bonchev–Trinajstić information content (AvgIpc) is 2.93. The molecule has 41 heavy (non-hydrogen) atoms. The zero-order valence-corrected chi connectivity index (χ0v) is 26.5. The number of nitrogens with zero attached hydrogens (tertiary/aromatic N) is 2. The number of sulfonamides is 1. The van der Waals surface area contributed by atoms with Gasteiger partial charge in [-0.25, -0.2) is 8.42 Å². The average molecular weight is 639 g/mol. The van der Waals surface area contributed by atoms with Crippen LogP contribution in [-0.4, -0.2) is 43.8 Å². The summed E-state index contributed by atoms with van der Waals surface area (Å²) in [6, 6.07) is 16.6. The molecule has 0 fully saturated rings. The number of carbonyl (C=O) groups is 2. The van der Waals surface area contributed by atoms with E-state index >= 15 is 0 Å². The van der Waals surface area contributed by atoms with Crippen molar-refractivity contribution in [3.8, 4) is 0 Å². The van der Waals surface area contributed by atoms with Crippen LogP contribution in [0.25, 0.3) is 0 Å². The Labute approximate surface area is 257 Å². The lowest BCUT2D eigenvalue weighted by Crippen LogP contribution is -2.53. The summed E-state index contributed by atoms with van der Waals surface area (Å²) in [7, 11) is -4.19. The topological polar surface area (TPSA) is 86.8 Å². The first kappa shape index (κ1) is 32.7. The first-order valence-electron chi connectivity index (χ1n) is 13.3. The van der Waals surface area contributed by atoms with Gasteiger partial charge in [-0.15, -0.1) is 0 Å². The molecule has 3 rings (SSSR count). The Balaban J connectivity index is 2.08. The second kappa shape index (κ2) is 14.4. The maximum atomic E-state index is 14.1. The zero-order chi connectivity index (χ0) is 30.3. The molecule has 3 aromatic rings. The molecule has 2 atom stereocenters. The van der Waals surface area contributed by atoms with Crippen LogP contribution in [0.5, 0.6) is 0 Å². The predicted octanol–water partition coefficient (Wildman–Crippen LogP) is 6.87. The summed E-state index contributed by atoms with van der Waals surface area (Å²) in [5, 5.41) is 4.00. The van der Waals surface area contributed by atoms with Gasteiger partial charge in [-0.3, -0.25) is 13.9 Å². The lowest BCUT2D eigenvalue weighted by atomic mass is 10.1. The van der Waals surface area contributed by atoms with Crippen LogP contribution < -0.4 is 9.62 Å². The normalized spacial score (nSPS) is 12.9. The van der Waals surface area contributed by atoms with Gasteiger partial charge in [0.25, 0.3) is 10.0 Å². The van der Waals surface area contributed by atoms with Gasteiger partial charge in [0.2, 0.25) is 11.8 Å². The number of benzene rings is 3. The summed E-state index contributed by atoms with van der Waals surface area (Å²) < 4.78 is 28.9. The Kier molecular flexibility index (Phi) is 11.5. The van der Waals surface area contributed by atoms with Crippen LogP contribution in [-0.2, 0) is 26.2 Å². The Bertz CT molecular complexity index is 1480. The molecule has 7 nitrogen and oxygen atoms in total. The van der Waals surface area contributed by atoms with Gasteiger partial charge < -0.3 is 10.2 Å². The molecule has 0 aliphatic heterocycles. The van der Waals surface area contributed by atoms with Crippen molar-refractivity contribution >= 4 is 62.3 Å². The lowest BCUT2D eigenvalue weighted by molar-refractivity contribution is -0.140. The van der Waals surface area contributed by atoms with Gasteiger partial charge in [0, 0.05) is 17.6 Å². The van der Waals surface area contributed by atoms with Crippen LogP contribution in [0, 0.1) is 6.92 Å². The van der Waals surface area contributed by atoms with Crippen LogP contribution in [0.4, 0.5) is 5.69 Å². The lowest BCUT2D eigenvalue weighted by Gasteiger charge is -2.34. The van der Waals surface area contributed by atoms with Gasteiger partial charge >= 0.3 is 0 Å². The monoisotopic (exact) mass is 637 g/mol. The molecule has 0 heterocycles. The number of carbonyl (C=O) groups excluding carboxylic acids is 2. The summed E-state index contributed by atoms with van der Waals surface area (Å²) in [4.78, 5) is 28.9. The van der Waals surface area contributed by atoms with Crippen molar-refractivity contribution in [1.82, 2.24) is 10.2 Å². The summed E-state index contributed by atoms with van der Waals surface area (Å²) in [5.74, 6) is -0.876. The van der Waals surface area contributed by atoms with E-state index < -0.39 is 28.5 Å². The fourth-order valence-corrected chi connectivity index (χ4v) is 6.09. The van der Waals surface area contributed by atoms with Gasteiger partial charge in [0.1, 0.15) is 12.6 Å². The van der Waals surface area contributed by atoms with Gasteiger partial charge in [-0.1, -0.05) is 66.8 Å². The minimum absolute atomic E-state index is 0.0187. The zero-order valence-electron chi connectivity index (χ0n) is 23.4. The minimum Gasteiger partial charge on any atom is -0.352 e. The fourth-order valence-electron chi connectivity index (χ4n) is 4.24. The Morgan fingerprint density at radius 2 is 1.59 bits per heavy atom. The number of anilines is 1. The quantitative estimate of drug-likeness (QED) is 0.235. The first-order valence-corrected chi connectivity index (χ1v) is 15.8. The van der Waals surface area contributed by atoms with E-state index in [9.17, 15) is 18.0 Å². The predicted molar refractivity (Wildman–Crippen MR) is 166 cm³/mol. The van der Waals surface area contributed by atoms with Crippen LogP contribution >= 0.6 is 34.8 Å². The van der Waals surface area contributed by atoms with E-state index in [2.05, 4.69) is 5.32 Å². The maximum absolute atomic E-state index is 14.1. The summed E-state index contributed by atoms with van der Waals surface area (Å²) >= 11 is 18.4. The number of amides is 2. The largest absolute Gasteiger partial charge is 0.352 e. The highest BCUT2D eigenvalue weighted by Crippen LogP contribution is 2.28. The van der Waals surface area contributed by atoms with Crippen LogP contribution in [0.2, 0.25) is 15.1 Å². The van der Waals surface area contributed by atoms with Gasteiger partial charge in [-0.05, 0) is 86.3 Å². The van der Waals surface area contributed by atoms with Crippen LogP contribution in [0.1, 0.15) is 44.7 Å². The molecule has 0 spiro atoms. The number of halogens is 3. The van der Waals surface area contributed by atoms with Crippen LogP contribution in [0.3, 0.4) is 0 Å². The number of nitrogens with one attached hydrogen (secondary N) is 1. The highest BCUT2D eigenvalue weighted by Gasteiger charge is 2.34. The molecule has 2 amide bonds. The fraction of sp³-hybridized carbons (Fsp3) is 0.333. The third-order valence-corrected chi connectivity index (χ3v) is 9.47. The molecule has 3 aromatic carbocycles. The smallest absolute Gasteiger partial charge is 0.264 e. The molecule has 0 unspecified atom stereocenters. The number of aryl methyl sites for hydroxylation is 1. The molecular formula is C30H34Cl3N3O4S. The molecule has 0 aromatic heterocycles. The van der Waals surface area contributed by atoms with Crippen molar-refractivity contribution < 1.29 is 18.0 Å². The molecule has 0 saturated heterocycles. The summed E-state index contributed by atoms with van der Waals surface area (Å²) in [6.45, 7) is 6.95. The number of hydrogen-bond donors (Lipinski definition) is 1. The van der Waals surface area contributed by atoms with E-state index in [-0.39, 0.29) is 23.4 Å². The Morgan fingerprint density at radius 3 is 2.17 bits per heavy atom. The van der Waals surface area contributed by atoms with Crippen molar-refractivity contribution in [3.05, 3.63) is 92.9 Å². The number of hydrogen-bond acceptors (Lipinski definition) is 4. The Morgan fingerprint density at radius 1 is 0.902 bits per heavy atom. The summed E-state index contributed by atoms with van der Waals surface area (Å²) in [6.07, 6.45) is 1.02. The molecule has 0 aliphatic carbocycles. The van der Waals surface area contributed by atoms with Crippen molar-refractivity contribution in [3.63, 3.8) is 0 Å². The van der Waals surface area contributed by atoms with Gasteiger partial charge in [0.15, 0.2) is 0 Å². The highest BCUT2D eigenvalue weighted by molar-refractivity contribution is 7.92. The van der Waals surface area contributed by atoms with Crippen molar-refractivity contribution in [1.29, 1.82) is 0 Å². The third kappa shape index (κ3) is 8.38. The summed E-state index contributed by atoms with van der Waals surface area (Å²) in [5.41, 5.74) is 1.78. The maximum Gasteiger partial charge on any atom is 0.264 e. The van der Waals surface area contributed by atoms with Crippen molar-refractivity contribution in [2.45, 2.75) is 64.1 Å². The molecule has 220 valence electrons. The van der Waals surface area contributed by atoms with E-state index in [1.165, 1.54) is 29.2 Å². The molecule has 0 aliphatic rings. The second-order valence-corrected chi connectivity index (χ2v) is 12.9. The van der Waals surface area contributed by atoms with E-state index in [0.717, 1.165) is 9.87 Å². The minimum atomic E-state index is -4.19. The van der Waals surface area contributed by atoms with E-state index in [1.54, 1.807) is 43.3 Å². The Hall–Kier alpha value is -2.78. The molecule has 1 N–H and O–H groups in total. The van der Waals surface area contributed by atoms with Crippen molar-refractivity contribution in [2.75, 3.05) is 10.8 Å². The molecule has 0 saturated carbocycles. The standard InChI is InChI=1S/C30H34Cl3N3O4S/c1-5-21(4)34-30(38)28(6-2)35(18-22-10-15-26(32)27(33)17-22)29(37)19-36(24-9-7-8-20(3)16-24)41(39,40)25-13-11-23(31)12-14-25/h7-17,21,28H,5-6,18-19H2,1-4H3,(H,34,38)/t21-,28-/m0/s1. The molecular weight excluding hydrogens is 605 g/mol. The second-order valence-electron chi connectivity index (χ2n) is 9.82. The van der Waals surface area contributed by atoms with Gasteiger partial charge in [0.05, 0.1) is 20.6 Å². The first-order chi connectivity index (χ1) is 19.4. The third-order valence-electron chi connectivity index (χ3n) is 6.69. The molecule has 0 bridgehead atoms. The number of rotatable bonds is 12. The van der Waals surface area contributed by atoms with E-state index in [4.69, 9.17) is 34.8 Å². The highest BCUT2D eigenvalue weighted by atomic mass is 35.5. The molecule has 11 heteroatoms. The SMILES string of the molecule is CC[C@H](C)NC(=O)[C@H](CC)N(Cc1ccc(Cl)c(Cl)c1)C(=O)CN(c1cccc(C)c1)S(=O)(=O)c1ccc(Cl)cc1. The van der Waals surface area contributed by atoms with Gasteiger partial charge in [-0.2, -0.15) is 0 Å². The molecule has 0 radical (unpaired) electrons. The van der Waals surface area contributed by atoms with Crippen LogP contribution in [0.15, 0.2) is 71.6 Å².